The molecule has 0 spiro atoms. The van der Waals surface area contributed by atoms with E-state index in [2.05, 4.69) is 59.8 Å². The van der Waals surface area contributed by atoms with E-state index in [1.165, 1.54) is 55.4 Å². The van der Waals surface area contributed by atoms with Gasteiger partial charge in [-0.25, -0.2) is 0 Å². The zero-order valence-corrected chi connectivity index (χ0v) is 26.9. The van der Waals surface area contributed by atoms with Gasteiger partial charge < -0.3 is 19.7 Å². The van der Waals surface area contributed by atoms with Crippen LogP contribution in [-0.2, 0) is 30.0 Å². The van der Waals surface area contributed by atoms with Crippen LogP contribution >= 0.6 is 0 Å². The lowest BCUT2D eigenvalue weighted by molar-refractivity contribution is -0.152. The Morgan fingerprint density at radius 2 is 1.51 bits per heavy atom. The lowest BCUT2D eigenvalue weighted by atomic mass is 9.80. The molecular formula is C34H56N2O5. The maximum absolute atomic E-state index is 13.2. The van der Waals surface area contributed by atoms with Crippen LogP contribution in [0, 0.1) is 0 Å². The zero-order chi connectivity index (χ0) is 30.5. The number of hydrogen-bond acceptors (Lipinski definition) is 5. The minimum atomic E-state index is -0.884. The van der Waals surface area contributed by atoms with Gasteiger partial charge in [0.15, 0.2) is 6.61 Å². The van der Waals surface area contributed by atoms with Crippen LogP contribution < -0.4 is 10.1 Å². The van der Waals surface area contributed by atoms with E-state index in [9.17, 15) is 14.4 Å². The zero-order valence-electron chi connectivity index (χ0n) is 26.9. The van der Waals surface area contributed by atoms with Gasteiger partial charge in [-0.3, -0.25) is 14.4 Å². The number of unbranched alkanes of at least 4 members (excludes halogenated alkanes) is 9. The Morgan fingerprint density at radius 1 is 0.902 bits per heavy atom. The third-order valence-electron chi connectivity index (χ3n) is 7.78. The molecule has 1 unspecified atom stereocenters. The fourth-order valence-electron chi connectivity index (χ4n) is 5.14. The molecule has 1 aliphatic rings. The smallest absolute Gasteiger partial charge is 0.308 e. The molecule has 0 aliphatic carbocycles. The third-order valence-corrected chi connectivity index (χ3v) is 7.78. The monoisotopic (exact) mass is 572 g/mol. The van der Waals surface area contributed by atoms with E-state index in [1.807, 2.05) is 12.1 Å². The molecule has 0 saturated carbocycles. The first-order valence-electron chi connectivity index (χ1n) is 15.8. The van der Waals surface area contributed by atoms with Gasteiger partial charge in [0, 0.05) is 13.1 Å². The lowest BCUT2D eigenvalue weighted by Gasteiger charge is -2.34. The Balaban J connectivity index is 1.84. The van der Waals surface area contributed by atoms with Crippen LogP contribution in [0.4, 0.5) is 0 Å². The largest absolute Gasteiger partial charge is 0.483 e. The number of ether oxygens (including phenoxy) is 2. The van der Waals surface area contributed by atoms with E-state index in [1.54, 1.807) is 0 Å². The number of carbonyl (C=O) groups excluding carboxylic acids is 3. The Kier molecular flexibility index (Phi) is 14.2. The van der Waals surface area contributed by atoms with Crippen molar-refractivity contribution in [2.24, 2.45) is 0 Å². The standard InChI is InChI=1S/C34H56N2O5/c1-8-9-10-11-12-13-14-15-16-17-22-40-31(38)24-28-32(39)35-20-21-36(28)30(37)25-41-29-19-18-26(33(2,3)4)23-27(29)34(5,6)7/h18-19,23,28H,8-17,20-22,24-25H2,1-7H3,(H,35,39). The van der Waals surface area contributed by atoms with E-state index in [-0.39, 0.29) is 35.7 Å². The van der Waals surface area contributed by atoms with Gasteiger partial charge in [-0.05, 0) is 34.4 Å². The van der Waals surface area contributed by atoms with E-state index >= 15 is 0 Å². The summed E-state index contributed by atoms with van der Waals surface area (Å²) in [4.78, 5) is 39.9. The molecule has 1 atom stereocenters. The van der Waals surface area contributed by atoms with Gasteiger partial charge in [-0.2, -0.15) is 0 Å². The lowest BCUT2D eigenvalue weighted by Crippen LogP contribution is -2.58. The van der Waals surface area contributed by atoms with Crippen molar-refractivity contribution in [3.8, 4) is 5.75 Å². The van der Waals surface area contributed by atoms with Crippen molar-refractivity contribution < 1.29 is 23.9 Å². The van der Waals surface area contributed by atoms with Crippen LogP contribution in [0.15, 0.2) is 18.2 Å². The quantitative estimate of drug-likeness (QED) is 0.173. The minimum Gasteiger partial charge on any atom is -0.483 e. The number of piperazine rings is 1. The normalized spacial score (nSPS) is 15.9. The average Bonchev–Trinajstić information content (AvgIpc) is 2.90. The van der Waals surface area contributed by atoms with E-state index in [0.29, 0.717) is 25.4 Å². The Morgan fingerprint density at radius 3 is 2.10 bits per heavy atom. The summed E-state index contributed by atoms with van der Waals surface area (Å²) in [6, 6.07) is 5.24. The number of carbonyl (C=O) groups is 3. The van der Waals surface area contributed by atoms with Crippen molar-refractivity contribution >= 4 is 17.8 Å². The summed E-state index contributed by atoms with van der Waals surface area (Å²) < 4.78 is 11.5. The molecule has 232 valence electrons. The maximum atomic E-state index is 13.2. The first kappa shape index (κ1) is 34.6. The number of esters is 1. The Labute approximate surface area is 249 Å². The number of nitrogens with zero attached hydrogens (tertiary/aromatic N) is 1. The van der Waals surface area contributed by atoms with Gasteiger partial charge in [0.1, 0.15) is 11.8 Å². The summed E-state index contributed by atoms with van der Waals surface area (Å²) in [7, 11) is 0. The summed E-state index contributed by atoms with van der Waals surface area (Å²) in [5.74, 6) is -0.431. The van der Waals surface area contributed by atoms with Crippen molar-refractivity contribution in [3.63, 3.8) is 0 Å². The molecule has 41 heavy (non-hydrogen) atoms. The first-order valence-corrected chi connectivity index (χ1v) is 15.8. The van der Waals surface area contributed by atoms with Crippen molar-refractivity contribution in [2.45, 2.75) is 136 Å². The number of amides is 2. The van der Waals surface area contributed by atoms with Crippen LogP contribution in [0.3, 0.4) is 0 Å². The summed E-state index contributed by atoms with van der Waals surface area (Å²) in [5.41, 5.74) is 2.04. The second-order valence-electron chi connectivity index (χ2n) is 13.5. The number of rotatable bonds is 16. The molecule has 1 N–H and O–H groups in total. The van der Waals surface area contributed by atoms with Gasteiger partial charge in [-0.15, -0.1) is 0 Å². The minimum absolute atomic E-state index is 0.00903. The molecular weight excluding hydrogens is 516 g/mol. The number of hydrogen-bond donors (Lipinski definition) is 1. The predicted octanol–water partition coefficient (Wildman–Crippen LogP) is 6.84. The van der Waals surface area contributed by atoms with Crippen molar-refractivity contribution in [3.05, 3.63) is 29.3 Å². The molecule has 7 heteroatoms. The number of benzene rings is 1. The molecule has 1 aromatic carbocycles. The molecule has 2 rings (SSSR count). The molecule has 0 radical (unpaired) electrons. The van der Waals surface area contributed by atoms with E-state index < -0.39 is 12.0 Å². The highest BCUT2D eigenvalue weighted by Crippen LogP contribution is 2.35. The molecule has 1 saturated heterocycles. The van der Waals surface area contributed by atoms with Gasteiger partial charge in [-0.1, -0.05) is 118 Å². The van der Waals surface area contributed by atoms with Crippen molar-refractivity contribution in [1.29, 1.82) is 0 Å². The third kappa shape index (κ3) is 12.1. The molecule has 2 amide bonds. The van der Waals surface area contributed by atoms with Gasteiger partial charge >= 0.3 is 5.97 Å². The molecule has 1 aromatic rings. The summed E-state index contributed by atoms with van der Waals surface area (Å²) in [5, 5.41) is 2.78. The summed E-state index contributed by atoms with van der Waals surface area (Å²) in [6.45, 7) is 15.9. The highest BCUT2D eigenvalue weighted by molar-refractivity contribution is 5.92. The van der Waals surface area contributed by atoms with Crippen LogP contribution in [0.25, 0.3) is 0 Å². The average molecular weight is 573 g/mol. The first-order chi connectivity index (χ1) is 19.3. The Bertz CT molecular complexity index is 976. The molecule has 1 aliphatic heterocycles. The topological polar surface area (TPSA) is 84.9 Å². The maximum Gasteiger partial charge on any atom is 0.308 e. The fraction of sp³-hybridized carbons (Fsp3) is 0.735. The van der Waals surface area contributed by atoms with Crippen molar-refractivity contribution in [1.82, 2.24) is 10.2 Å². The highest BCUT2D eigenvalue weighted by atomic mass is 16.5. The predicted molar refractivity (Wildman–Crippen MR) is 165 cm³/mol. The second kappa shape index (κ2) is 16.8. The van der Waals surface area contributed by atoms with E-state index in [4.69, 9.17) is 9.47 Å². The molecule has 0 bridgehead atoms. The molecule has 1 fully saturated rings. The van der Waals surface area contributed by atoms with Crippen LogP contribution in [0.1, 0.15) is 130 Å². The SMILES string of the molecule is CCCCCCCCCCCCOC(=O)CC1C(=O)NCCN1C(=O)COc1ccc(C(C)(C)C)cc1C(C)(C)C. The van der Waals surface area contributed by atoms with Gasteiger partial charge in [0.25, 0.3) is 5.91 Å². The molecule has 0 aromatic heterocycles. The van der Waals surface area contributed by atoms with Crippen molar-refractivity contribution in [2.75, 3.05) is 26.3 Å². The highest BCUT2D eigenvalue weighted by Gasteiger charge is 2.35. The number of nitrogens with one attached hydrogen (secondary N) is 1. The van der Waals surface area contributed by atoms with Gasteiger partial charge in [0.2, 0.25) is 5.91 Å². The summed E-state index contributed by atoms with van der Waals surface area (Å²) >= 11 is 0. The summed E-state index contributed by atoms with van der Waals surface area (Å²) in [6.07, 6.45) is 11.9. The van der Waals surface area contributed by atoms with Gasteiger partial charge in [0.05, 0.1) is 13.0 Å². The van der Waals surface area contributed by atoms with Crippen LogP contribution in [0.2, 0.25) is 0 Å². The fourth-order valence-corrected chi connectivity index (χ4v) is 5.14. The Hall–Kier alpha value is -2.57. The second-order valence-corrected chi connectivity index (χ2v) is 13.5. The molecule has 1 heterocycles. The van der Waals surface area contributed by atoms with Crippen LogP contribution in [0.5, 0.6) is 5.75 Å². The van der Waals surface area contributed by atoms with Crippen LogP contribution in [-0.4, -0.2) is 55.0 Å². The van der Waals surface area contributed by atoms with E-state index in [0.717, 1.165) is 24.8 Å². The molecule has 7 nitrogen and oxygen atoms in total.